The monoisotopic (exact) mass is 354 g/mol. The maximum Gasteiger partial charge on any atom is 0.326 e. The van der Waals surface area contributed by atoms with Crippen molar-refractivity contribution in [2.24, 2.45) is 0 Å². The van der Waals surface area contributed by atoms with Gasteiger partial charge in [-0.15, -0.1) is 6.58 Å². The van der Waals surface area contributed by atoms with Crippen molar-refractivity contribution in [1.29, 1.82) is 0 Å². The fourth-order valence-corrected chi connectivity index (χ4v) is 3.01. The van der Waals surface area contributed by atoms with Crippen LogP contribution in [0, 0.1) is 0 Å². The second-order valence-electron chi connectivity index (χ2n) is 5.17. The lowest BCUT2D eigenvalue weighted by atomic mass is 10.1. The summed E-state index contributed by atoms with van der Waals surface area (Å²) in [6.45, 7) is 5.42. The molecule has 7 nitrogen and oxygen atoms in total. The predicted octanol–water partition coefficient (Wildman–Crippen LogP) is 1.52. The number of nitrogens with one attached hydrogen (secondary N) is 2. The van der Waals surface area contributed by atoms with E-state index in [-0.39, 0.29) is 17.0 Å². The van der Waals surface area contributed by atoms with E-state index in [1.54, 1.807) is 0 Å². The minimum Gasteiger partial charge on any atom is -0.480 e. The first kappa shape index (κ1) is 19.9. The van der Waals surface area contributed by atoms with Gasteiger partial charge in [0.05, 0.1) is 4.90 Å². The SMILES string of the molecule is C=CCNS(=O)(=O)c1cccc(C(=O)NC(CCCC)C(=O)O)c1. The Kier molecular flexibility index (Phi) is 7.60. The largest absolute Gasteiger partial charge is 0.480 e. The number of carboxylic acid groups (broad SMARTS) is 1. The summed E-state index contributed by atoms with van der Waals surface area (Å²) in [5, 5.41) is 11.6. The Balaban J connectivity index is 2.94. The minimum absolute atomic E-state index is 0.0663. The third kappa shape index (κ3) is 5.78. The summed E-state index contributed by atoms with van der Waals surface area (Å²) in [4.78, 5) is 23.3. The summed E-state index contributed by atoms with van der Waals surface area (Å²) >= 11 is 0. The minimum atomic E-state index is -3.75. The van der Waals surface area contributed by atoms with Crippen LogP contribution in [0.3, 0.4) is 0 Å². The first-order valence-electron chi connectivity index (χ1n) is 7.56. The van der Waals surface area contributed by atoms with Gasteiger partial charge in [-0.05, 0) is 24.6 Å². The lowest BCUT2D eigenvalue weighted by Crippen LogP contribution is -2.40. The van der Waals surface area contributed by atoms with Gasteiger partial charge in [-0.25, -0.2) is 17.9 Å². The highest BCUT2D eigenvalue weighted by Crippen LogP contribution is 2.12. The van der Waals surface area contributed by atoms with Crippen molar-refractivity contribution < 1.29 is 23.1 Å². The molecule has 0 saturated heterocycles. The summed E-state index contributed by atoms with van der Waals surface area (Å²) < 4.78 is 26.4. The van der Waals surface area contributed by atoms with Gasteiger partial charge in [-0.1, -0.05) is 31.9 Å². The van der Waals surface area contributed by atoms with Gasteiger partial charge in [0.25, 0.3) is 5.91 Å². The third-order valence-corrected chi connectivity index (χ3v) is 4.70. The molecule has 0 spiro atoms. The number of unbranched alkanes of at least 4 members (excludes halogenated alkanes) is 1. The van der Waals surface area contributed by atoms with Crippen LogP contribution >= 0.6 is 0 Å². The molecule has 1 aromatic carbocycles. The van der Waals surface area contributed by atoms with Crippen LogP contribution in [0.25, 0.3) is 0 Å². The Morgan fingerprint density at radius 3 is 2.67 bits per heavy atom. The maximum atomic E-state index is 12.2. The van der Waals surface area contributed by atoms with Gasteiger partial charge in [-0.3, -0.25) is 4.79 Å². The number of sulfonamides is 1. The number of hydrogen-bond acceptors (Lipinski definition) is 4. The van der Waals surface area contributed by atoms with Crippen LogP contribution < -0.4 is 10.0 Å². The van der Waals surface area contributed by atoms with E-state index in [2.05, 4.69) is 16.6 Å². The average molecular weight is 354 g/mol. The molecule has 3 N–H and O–H groups in total. The zero-order chi connectivity index (χ0) is 18.2. The van der Waals surface area contributed by atoms with Crippen molar-refractivity contribution in [2.45, 2.75) is 37.1 Å². The number of benzene rings is 1. The Morgan fingerprint density at radius 1 is 1.38 bits per heavy atom. The Morgan fingerprint density at radius 2 is 2.08 bits per heavy atom. The molecule has 0 saturated carbocycles. The summed E-state index contributed by atoms with van der Waals surface area (Å²) in [5.41, 5.74) is 0.0826. The quantitative estimate of drug-likeness (QED) is 0.552. The molecular weight excluding hydrogens is 332 g/mol. The number of rotatable bonds is 10. The van der Waals surface area contributed by atoms with Gasteiger partial charge in [0.2, 0.25) is 10.0 Å². The highest BCUT2D eigenvalue weighted by atomic mass is 32.2. The number of carbonyl (C=O) groups excluding carboxylic acids is 1. The molecule has 8 heteroatoms. The van der Waals surface area contributed by atoms with E-state index in [9.17, 15) is 18.0 Å². The summed E-state index contributed by atoms with van der Waals surface area (Å²) in [7, 11) is -3.75. The number of carboxylic acids is 1. The highest BCUT2D eigenvalue weighted by Gasteiger charge is 2.21. The highest BCUT2D eigenvalue weighted by molar-refractivity contribution is 7.89. The van der Waals surface area contributed by atoms with Crippen LogP contribution in [-0.2, 0) is 14.8 Å². The van der Waals surface area contributed by atoms with Crippen molar-refractivity contribution >= 4 is 21.9 Å². The van der Waals surface area contributed by atoms with Gasteiger partial charge in [0.1, 0.15) is 6.04 Å². The second kappa shape index (κ2) is 9.19. The van der Waals surface area contributed by atoms with Crippen molar-refractivity contribution in [3.63, 3.8) is 0 Å². The van der Waals surface area contributed by atoms with E-state index in [1.807, 2.05) is 6.92 Å². The van der Waals surface area contributed by atoms with Crippen molar-refractivity contribution in [2.75, 3.05) is 6.54 Å². The standard InChI is InChI=1S/C16H22N2O5S/c1-3-5-9-14(16(20)21)18-15(19)12-7-6-8-13(11-12)24(22,23)17-10-4-2/h4,6-8,11,14,17H,2-3,5,9-10H2,1H3,(H,18,19)(H,20,21). The van der Waals surface area contributed by atoms with Gasteiger partial charge in [0.15, 0.2) is 0 Å². The fraction of sp³-hybridized carbons (Fsp3) is 0.375. The van der Waals surface area contributed by atoms with Crippen LogP contribution in [0.5, 0.6) is 0 Å². The van der Waals surface area contributed by atoms with Gasteiger partial charge in [0, 0.05) is 12.1 Å². The molecule has 0 aromatic heterocycles. The molecule has 1 aromatic rings. The van der Waals surface area contributed by atoms with E-state index in [1.165, 1.54) is 30.3 Å². The number of aliphatic carboxylic acids is 1. The zero-order valence-electron chi connectivity index (χ0n) is 13.5. The molecule has 24 heavy (non-hydrogen) atoms. The van der Waals surface area contributed by atoms with E-state index in [0.717, 1.165) is 6.42 Å². The summed E-state index contributed by atoms with van der Waals surface area (Å²) in [5.74, 6) is -1.74. The maximum absolute atomic E-state index is 12.2. The van der Waals surface area contributed by atoms with Gasteiger partial charge < -0.3 is 10.4 Å². The second-order valence-corrected chi connectivity index (χ2v) is 6.94. The van der Waals surface area contributed by atoms with Crippen LogP contribution in [0.2, 0.25) is 0 Å². The third-order valence-electron chi connectivity index (χ3n) is 3.27. The lowest BCUT2D eigenvalue weighted by Gasteiger charge is -2.14. The Labute approximate surface area is 141 Å². The molecule has 0 fully saturated rings. The molecule has 1 unspecified atom stereocenters. The number of carbonyl (C=O) groups is 2. The first-order valence-corrected chi connectivity index (χ1v) is 9.04. The van der Waals surface area contributed by atoms with E-state index < -0.39 is 27.9 Å². The van der Waals surface area contributed by atoms with Crippen molar-refractivity contribution in [1.82, 2.24) is 10.0 Å². The normalized spacial score (nSPS) is 12.4. The average Bonchev–Trinajstić information content (AvgIpc) is 2.56. The fourth-order valence-electron chi connectivity index (χ4n) is 1.96. The Bertz CT molecular complexity index is 700. The molecule has 0 radical (unpaired) electrons. The molecule has 1 rings (SSSR count). The van der Waals surface area contributed by atoms with Crippen molar-refractivity contribution in [3.8, 4) is 0 Å². The smallest absolute Gasteiger partial charge is 0.326 e. The van der Waals surface area contributed by atoms with Gasteiger partial charge >= 0.3 is 5.97 Å². The van der Waals surface area contributed by atoms with Crippen molar-refractivity contribution in [3.05, 3.63) is 42.5 Å². The predicted molar refractivity (Wildman–Crippen MR) is 90.2 cm³/mol. The van der Waals surface area contributed by atoms with Crippen LogP contribution in [0.1, 0.15) is 36.5 Å². The molecule has 0 aliphatic carbocycles. The molecule has 0 aliphatic heterocycles. The van der Waals surface area contributed by atoms with E-state index in [4.69, 9.17) is 5.11 Å². The molecule has 1 atom stereocenters. The molecule has 0 aliphatic rings. The molecule has 1 amide bonds. The molecule has 132 valence electrons. The number of hydrogen-bond donors (Lipinski definition) is 3. The van der Waals surface area contributed by atoms with Crippen LogP contribution in [0.15, 0.2) is 41.8 Å². The van der Waals surface area contributed by atoms with E-state index in [0.29, 0.717) is 12.8 Å². The molecule has 0 heterocycles. The molecular formula is C16H22N2O5S. The Hall–Kier alpha value is -2.19. The number of amides is 1. The topological polar surface area (TPSA) is 113 Å². The summed E-state index contributed by atoms with van der Waals surface area (Å²) in [6, 6.07) is 4.42. The van der Waals surface area contributed by atoms with Crippen LogP contribution in [-0.4, -0.2) is 38.0 Å². The van der Waals surface area contributed by atoms with Crippen LogP contribution in [0.4, 0.5) is 0 Å². The molecule has 0 bridgehead atoms. The van der Waals surface area contributed by atoms with Gasteiger partial charge in [-0.2, -0.15) is 0 Å². The summed E-state index contributed by atoms with van der Waals surface area (Å²) in [6.07, 6.45) is 3.19. The lowest BCUT2D eigenvalue weighted by molar-refractivity contribution is -0.139. The first-order chi connectivity index (χ1) is 11.3. The van der Waals surface area contributed by atoms with E-state index >= 15 is 0 Å². The zero-order valence-corrected chi connectivity index (χ0v) is 14.3.